The Bertz CT molecular complexity index is 535. The summed E-state index contributed by atoms with van der Waals surface area (Å²) < 4.78 is 2.40. The van der Waals surface area contributed by atoms with E-state index in [9.17, 15) is 9.59 Å². The average molecular weight is 370 g/mol. The Hall–Kier alpha value is -0.770. The van der Waals surface area contributed by atoms with Crippen LogP contribution in [0.4, 0.5) is 5.69 Å². The lowest BCUT2D eigenvalue weighted by molar-refractivity contribution is 0.689. The fraction of sp³-hybridized carbons (Fsp3) is 0.444. The van der Waals surface area contributed by atoms with E-state index in [0.717, 1.165) is 4.57 Å². The number of hydrogen-bond donors (Lipinski definition) is 1. The maximum atomic E-state index is 11.7. The minimum Gasteiger partial charge on any atom is -0.329 e. The molecule has 1 N–H and O–H groups in total. The lowest BCUT2D eigenvalue weighted by Gasteiger charge is -2.09. The molecule has 96 valence electrons. The molecule has 0 aliphatic heterocycles. The highest BCUT2D eigenvalue weighted by Gasteiger charge is 2.07. The number of aryl methyl sites for hydroxylation is 1. The van der Waals surface area contributed by atoms with Crippen LogP contribution in [-0.2, 0) is 14.1 Å². The van der Waals surface area contributed by atoms with E-state index in [1.54, 1.807) is 14.1 Å². The van der Waals surface area contributed by atoms with Crippen LogP contribution < -0.4 is 16.6 Å². The average Bonchev–Trinajstić information content (AvgIpc) is 2.29. The van der Waals surface area contributed by atoms with Crippen LogP contribution in [0.25, 0.3) is 0 Å². The van der Waals surface area contributed by atoms with Gasteiger partial charge in [0.05, 0.1) is 0 Å². The van der Waals surface area contributed by atoms with Crippen LogP contribution in [0, 0.1) is 0 Å². The highest BCUT2D eigenvalue weighted by Crippen LogP contribution is 2.02. The van der Waals surface area contributed by atoms with Crippen LogP contribution >= 0.6 is 35.7 Å². The summed E-state index contributed by atoms with van der Waals surface area (Å²) in [6, 6.07) is 0. The van der Waals surface area contributed by atoms with Crippen molar-refractivity contribution in [3.05, 3.63) is 27.0 Å². The molecule has 0 amide bonds. The largest absolute Gasteiger partial charge is 0.330 e. The molecule has 0 aromatic carbocycles. The van der Waals surface area contributed by atoms with E-state index < -0.39 is 0 Å². The Morgan fingerprint density at radius 2 is 2.00 bits per heavy atom. The Morgan fingerprint density at radius 3 is 2.47 bits per heavy atom. The summed E-state index contributed by atoms with van der Waals surface area (Å²) in [5.74, 6) is 0. The molecule has 1 heterocycles. The van der Waals surface area contributed by atoms with E-state index in [0.29, 0.717) is 10.9 Å². The molecule has 0 saturated heterocycles. The second-order valence-electron chi connectivity index (χ2n) is 3.16. The molecule has 0 atom stereocenters. The molecule has 6 nitrogen and oxygen atoms in total. The fourth-order valence-electron chi connectivity index (χ4n) is 1.21. The zero-order valence-corrected chi connectivity index (χ0v) is 13.2. The first-order valence-electron chi connectivity index (χ1n) is 4.55. The first-order valence-corrected chi connectivity index (χ1v) is 5.78. The van der Waals surface area contributed by atoms with Crippen molar-refractivity contribution < 1.29 is 0 Å². The Balaban J connectivity index is 0.00000256. The number of thioether (sulfide) groups is 1. The van der Waals surface area contributed by atoms with Crippen molar-refractivity contribution >= 4 is 46.6 Å². The zero-order valence-electron chi connectivity index (χ0n) is 10.1. The van der Waals surface area contributed by atoms with Gasteiger partial charge in [-0.3, -0.25) is 14.4 Å². The minimum absolute atomic E-state index is 0. The van der Waals surface area contributed by atoms with Crippen LogP contribution in [0.2, 0.25) is 0 Å². The van der Waals surface area contributed by atoms with Gasteiger partial charge in [0.1, 0.15) is 5.69 Å². The number of nitrogens with zero attached hydrogens (tertiary/aromatic N) is 3. The lowest BCUT2D eigenvalue weighted by Crippen LogP contribution is -2.38. The number of nitrogens with one attached hydrogen (secondary N) is 1. The van der Waals surface area contributed by atoms with Crippen LogP contribution in [0.15, 0.2) is 20.8 Å². The Morgan fingerprint density at radius 1 is 1.41 bits per heavy atom. The van der Waals surface area contributed by atoms with Crippen molar-refractivity contribution in [3.8, 4) is 0 Å². The molecule has 1 aromatic rings. The third kappa shape index (κ3) is 3.60. The predicted octanol–water partition coefficient (Wildman–Crippen LogP) is 0.463. The highest BCUT2D eigenvalue weighted by molar-refractivity contribution is 14.0. The molecule has 1 rings (SSSR count). The van der Waals surface area contributed by atoms with Crippen molar-refractivity contribution in [1.29, 1.82) is 0 Å². The third-order valence-corrected chi connectivity index (χ3v) is 2.76. The van der Waals surface area contributed by atoms with E-state index in [-0.39, 0.29) is 35.2 Å². The van der Waals surface area contributed by atoms with Crippen molar-refractivity contribution in [2.75, 3.05) is 18.6 Å². The number of aromatic nitrogens is 2. The van der Waals surface area contributed by atoms with Crippen molar-refractivity contribution in [3.63, 3.8) is 0 Å². The lowest BCUT2D eigenvalue weighted by atomic mass is 10.5. The molecule has 17 heavy (non-hydrogen) atoms. The highest BCUT2D eigenvalue weighted by atomic mass is 127. The maximum absolute atomic E-state index is 11.7. The first-order chi connectivity index (χ1) is 7.51. The van der Waals surface area contributed by atoms with Gasteiger partial charge in [0.15, 0.2) is 5.17 Å². The van der Waals surface area contributed by atoms with Gasteiger partial charge in [-0.1, -0.05) is 11.8 Å². The Labute approximate surface area is 120 Å². The molecule has 1 aromatic heterocycles. The van der Waals surface area contributed by atoms with Crippen molar-refractivity contribution in [2.24, 2.45) is 19.1 Å². The summed E-state index contributed by atoms with van der Waals surface area (Å²) in [5, 5.41) is 3.50. The zero-order chi connectivity index (χ0) is 12.3. The number of hydrogen-bond acceptors (Lipinski definition) is 4. The third-order valence-electron chi connectivity index (χ3n) is 2.08. The molecular formula is C9H15IN4O2S. The number of aliphatic imine (C=N–C) groups is 1. The molecule has 0 fully saturated rings. The van der Waals surface area contributed by atoms with E-state index in [4.69, 9.17) is 0 Å². The van der Waals surface area contributed by atoms with Gasteiger partial charge in [-0.05, 0) is 6.26 Å². The first kappa shape index (κ1) is 16.2. The predicted molar refractivity (Wildman–Crippen MR) is 82.8 cm³/mol. The van der Waals surface area contributed by atoms with Gasteiger partial charge >= 0.3 is 5.69 Å². The standard InChI is InChI=1S/C9H14N4O2S.HI/c1-10-8(16-4)11-6-5-12(2)9(15)13(3)7(6)14;/h5H,1-4H3,(H,10,11);1H. The summed E-state index contributed by atoms with van der Waals surface area (Å²) in [7, 11) is 4.66. The molecule has 0 radical (unpaired) electrons. The number of amidine groups is 1. The molecule has 0 aliphatic carbocycles. The normalized spacial score (nSPS) is 10.9. The van der Waals surface area contributed by atoms with Gasteiger partial charge in [-0.15, -0.1) is 24.0 Å². The van der Waals surface area contributed by atoms with Gasteiger partial charge in [-0.25, -0.2) is 4.79 Å². The number of rotatable bonds is 1. The molecule has 0 aliphatic rings. The molecule has 0 spiro atoms. The molecule has 0 bridgehead atoms. The summed E-state index contributed by atoms with van der Waals surface area (Å²) in [6.07, 6.45) is 3.31. The summed E-state index contributed by atoms with van der Waals surface area (Å²) in [5.41, 5.74) is -0.382. The monoisotopic (exact) mass is 370 g/mol. The van der Waals surface area contributed by atoms with Gasteiger partial charge in [0.25, 0.3) is 5.56 Å². The van der Waals surface area contributed by atoms with Crippen molar-refractivity contribution in [1.82, 2.24) is 9.13 Å². The van der Waals surface area contributed by atoms with E-state index in [2.05, 4.69) is 10.3 Å². The fourth-order valence-corrected chi connectivity index (χ4v) is 1.60. The SMILES string of the molecule is CN=C(Nc1cn(C)c(=O)n(C)c1=O)SC.I. The van der Waals surface area contributed by atoms with Gasteiger partial charge in [-0.2, -0.15) is 0 Å². The second-order valence-corrected chi connectivity index (χ2v) is 3.95. The van der Waals surface area contributed by atoms with Crippen molar-refractivity contribution in [2.45, 2.75) is 0 Å². The van der Waals surface area contributed by atoms with E-state index >= 15 is 0 Å². The molecular weight excluding hydrogens is 355 g/mol. The maximum Gasteiger partial charge on any atom is 0.330 e. The molecule has 8 heteroatoms. The topological polar surface area (TPSA) is 68.4 Å². The summed E-state index contributed by atoms with van der Waals surface area (Å²) in [4.78, 5) is 27.1. The number of halogens is 1. The van der Waals surface area contributed by atoms with E-state index in [1.165, 1.54) is 29.6 Å². The van der Waals surface area contributed by atoms with Gasteiger partial charge < -0.3 is 9.88 Å². The Kier molecular flexibility index (Phi) is 6.53. The number of anilines is 1. The molecule has 0 saturated carbocycles. The van der Waals surface area contributed by atoms with Crippen LogP contribution in [0.3, 0.4) is 0 Å². The quantitative estimate of drug-likeness (QED) is 0.443. The van der Waals surface area contributed by atoms with Crippen LogP contribution in [-0.4, -0.2) is 27.6 Å². The van der Waals surface area contributed by atoms with E-state index in [1.807, 2.05) is 6.26 Å². The minimum atomic E-state index is -0.363. The van der Waals surface area contributed by atoms with Gasteiger partial charge in [0.2, 0.25) is 0 Å². The van der Waals surface area contributed by atoms with Crippen LogP contribution in [0.1, 0.15) is 0 Å². The molecule has 0 unspecified atom stereocenters. The van der Waals surface area contributed by atoms with Gasteiger partial charge in [0, 0.05) is 27.3 Å². The smallest absolute Gasteiger partial charge is 0.329 e. The summed E-state index contributed by atoms with van der Waals surface area (Å²) in [6.45, 7) is 0. The summed E-state index contributed by atoms with van der Waals surface area (Å²) >= 11 is 1.39. The second kappa shape index (κ2) is 6.84. The van der Waals surface area contributed by atoms with Crippen LogP contribution in [0.5, 0.6) is 0 Å².